The summed E-state index contributed by atoms with van der Waals surface area (Å²) in [6.07, 6.45) is -0.0510. The first-order chi connectivity index (χ1) is 9.81. The van der Waals surface area contributed by atoms with Crippen molar-refractivity contribution in [3.8, 4) is 5.75 Å². The average molecular weight is 295 g/mol. The monoisotopic (exact) mass is 295 g/mol. The number of aliphatic carboxylic acids is 2. The van der Waals surface area contributed by atoms with Gasteiger partial charge in [-0.3, -0.25) is 9.59 Å². The molecule has 0 radical (unpaired) electrons. The molecule has 2 N–H and O–H groups in total. The van der Waals surface area contributed by atoms with E-state index in [0.29, 0.717) is 17.9 Å². The molecule has 6 heteroatoms. The molecule has 0 atom stereocenters. The highest BCUT2D eigenvalue weighted by atomic mass is 16.5. The summed E-state index contributed by atoms with van der Waals surface area (Å²) in [7, 11) is 5.06. The third-order valence-corrected chi connectivity index (χ3v) is 3.44. The first kappa shape index (κ1) is 17.0. The molecule has 1 aromatic rings. The van der Waals surface area contributed by atoms with E-state index < -0.39 is 17.4 Å². The zero-order valence-electron chi connectivity index (χ0n) is 12.5. The van der Waals surface area contributed by atoms with E-state index >= 15 is 0 Å². The van der Waals surface area contributed by atoms with E-state index in [0.717, 1.165) is 0 Å². The van der Waals surface area contributed by atoms with Gasteiger partial charge in [-0.1, -0.05) is 12.1 Å². The normalized spacial score (nSPS) is 11.4. The molecule has 0 saturated carbocycles. The largest absolute Gasteiger partial charge is 0.497 e. The molecule has 0 amide bonds. The summed E-state index contributed by atoms with van der Waals surface area (Å²) in [4.78, 5) is 25.0. The molecular weight excluding hydrogens is 274 g/mol. The van der Waals surface area contributed by atoms with Gasteiger partial charge in [-0.2, -0.15) is 0 Å². The smallest absolute Gasteiger partial charge is 0.321 e. The average Bonchev–Trinajstić information content (AvgIpc) is 2.42. The molecule has 1 rings (SSSR count). The maximum Gasteiger partial charge on any atom is 0.321 e. The molecule has 0 fully saturated rings. The van der Waals surface area contributed by atoms with Crippen LogP contribution in [0.5, 0.6) is 5.75 Å². The van der Waals surface area contributed by atoms with Crippen LogP contribution in [0.2, 0.25) is 0 Å². The summed E-state index contributed by atoms with van der Waals surface area (Å²) in [5.74, 6) is -2.07. The van der Waals surface area contributed by atoms with Crippen LogP contribution in [0.25, 0.3) is 0 Å². The maximum atomic E-state index is 11.6. The molecule has 0 aliphatic heterocycles. The summed E-state index contributed by atoms with van der Waals surface area (Å²) in [6, 6.07) is 6.82. The Hall–Kier alpha value is -2.08. The first-order valence-corrected chi connectivity index (χ1v) is 6.56. The fourth-order valence-electron chi connectivity index (χ4n) is 2.09. The van der Waals surface area contributed by atoms with Crippen LogP contribution in [0.1, 0.15) is 12.0 Å². The van der Waals surface area contributed by atoms with Gasteiger partial charge in [0, 0.05) is 0 Å². The lowest BCUT2D eigenvalue weighted by atomic mass is 9.78. The molecule has 0 unspecified atom stereocenters. The Morgan fingerprint density at radius 1 is 1.24 bits per heavy atom. The van der Waals surface area contributed by atoms with Crippen molar-refractivity contribution < 1.29 is 24.5 Å². The number of carbonyl (C=O) groups is 2. The molecule has 0 aromatic heterocycles. The molecule has 0 spiro atoms. The standard InChI is InChI=1S/C15H21NO5/c1-16(2)8-7-15(13(17)18,14(19)20)10-11-5-4-6-12(9-11)21-3/h4-6,9H,7-8,10H2,1-3H3,(H,17,18)(H,19,20). The fraction of sp³-hybridized carbons (Fsp3) is 0.467. The number of hydrogen-bond acceptors (Lipinski definition) is 4. The van der Waals surface area contributed by atoms with E-state index in [-0.39, 0.29) is 12.8 Å². The number of benzene rings is 1. The highest BCUT2D eigenvalue weighted by Crippen LogP contribution is 2.30. The van der Waals surface area contributed by atoms with Gasteiger partial charge in [0.1, 0.15) is 5.75 Å². The number of hydrogen-bond donors (Lipinski definition) is 2. The first-order valence-electron chi connectivity index (χ1n) is 6.56. The molecule has 0 heterocycles. The number of nitrogens with zero attached hydrogens (tertiary/aromatic N) is 1. The third-order valence-electron chi connectivity index (χ3n) is 3.44. The maximum absolute atomic E-state index is 11.6. The van der Waals surface area contributed by atoms with Gasteiger partial charge in [0.25, 0.3) is 0 Å². The van der Waals surface area contributed by atoms with E-state index in [1.807, 2.05) is 0 Å². The Morgan fingerprint density at radius 3 is 2.33 bits per heavy atom. The quantitative estimate of drug-likeness (QED) is 0.704. The van der Waals surface area contributed by atoms with Crippen molar-refractivity contribution in [2.24, 2.45) is 5.41 Å². The third kappa shape index (κ3) is 4.19. The molecular formula is C15H21NO5. The Morgan fingerprint density at radius 2 is 1.86 bits per heavy atom. The lowest BCUT2D eigenvalue weighted by Gasteiger charge is -2.26. The molecule has 0 aliphatic rings. The predicted octanol–water partition coefficient (Wildman–Crippen LogP) is 1.34. The van der Waals surface area contributed by atoms with Gasteiger partial charge in [0.15, 0.2) is 5.41 Å². The highest BCUT2D eigenvalue weighted by molar-refractivity contribution is 5.98. The Balaban J connectivity index is 3.10. The Bertz CT molecular complexity index is 499. The summed E-state index contributed by atoms with van der Waals surface area (Å²) in [5.41, 5.74) is -1.21. The van der Waals surface area contributed by atoms with Crippen molar-refractivity contribution in [1.82, 2.24) is 4.90 Å². The van der Waals surface area contributed by atoms with Crippen LogP contribution in [-0.4, -0.2) is 54.8 Å². The van der Waals surface area contributed by atoms with Gasteiger partial charge in [0.05, 0.1) is 7.11 Å². The lowest BCUT2D eigenvalue weighted by Crippen LogP contribution is -2.43. The van der Waals surface area contributed by atoms with Crippen molar-refractivity contribution in [3.63, 3.8) is 0 Å². The predicted molar refractivity (Wildman–Crippen MR) is 77.6 cm³/mol. The van der Waals surface area contributed by atoms with Gasteiger partial charge >= 0.3 is 11.9 Å². The summed E-state index contributed by atoms with van der Waals surface area (Å²) in [6.45, 7) is 0.378. The minimum Gasteiger partial charge on any atom is -0.497 e. The van der Waals surface area contributed by atoms with Gasteiger partial charge in [-0.25, -0.2) is 0 Å². The number of ether oxygens (including phenoxy) is 1. The minimum absolute atomic E-state index is 0.0296. The number of carboxylic acid groups (broad SMARTS) is 2. The van der Waals surface area contributed by atoms with E-state index in [2.05, 4.69) is 0 Å². The number of carboxylic acids is 2. The Kier molecular flexibility index (Phi) is 5.72. The van der Waals surface area contributed by atoms with Crippen LogP contribution < -0.4 is 4.74 Å². The van der Waals surface area contributed by atoms with E-state index in [1.54, 1.807) is 43.3 Å². The molecule has 0 saturated heterocycles. The van der Waals surface area contributed by atoms with Crippen molar-refractivity contribution in [3.05, 3.63) is 29.8 Å². The van der Waals surface area contributed by atoms with Crippen LogP contribution >= 0.6 is 0 Å². The molecule has 0 aliphatic carbocycles. The van der Waals surface area contributed by atoms with Crippen LogP contribution in [0.15, 0.2) is 24.3 Å². The second-order valence-electron chi connectivity index (χ2n) is 5.27. The zero-order valence-corrected chi connectivity index (χ0v) is 12.5. The fourth-order valence-corrected chi connectivity index (χ4v) is 2.09. The summed E-state index contributed by atoms with van der Waals surface area (Å²) >= 11 is 0. The van der Waals surface area contributed by atoms with Crippen LogP contribution in [0, 0.1) is 5.41 Å². The lowest BCUT2D eigenvalue weighted by molar-refractivity contribution is -0.165. The molecule has 116 valence electrons. The van der Waals surface area contributed by atoms with Gasteiger partial charge in [-0.05, 0) is 51.2 Å². The van der Waals surface area contributed by atoms with Crippen LogP contribution in [-0.2, 0) is 16.0 Å². The van der Waals surface area contributed by atoms with E-state index in [9.17, 15) is 19.8 Å². The Labute approximate surface area is 124 Å². The number of rotatable bonds is 8. The SMILES string of the molecule is COc1cccc(CC(CCN(C)C)(C(=O)O)C(=O)O)c1. The van der Waals surface area contributed by atoms with Crippen molar-refractivity contribution >= 4 is 11.9 Å². The van der Waals surface area contributed by atoms with Crippen LogP contribution in [0.3, 0.4) is 0 Å². The topological polar surface area (TPSA) is 87.1 Å². The van der Waals surface area contributed by atoms with Gasteiger partial charge < -0.3 is 19.8 Å². The van der Waals surface area contributed by atoms with Crippen LogP contribution in [0.4, 0.5) is 0 Å². The second kappa shape index (κ2) is 7.08. The van der Waals surface area contributed by atoms with Crippen molar-refractivity contribution in [1.29, 1.82) is 0 Å². The summed E-state index contributed by atoms with van der Waals surface area (Å²) in [5, 5.41) is 18.9. The molecule has 6 nitrogen and oxygen atoms in total. The minimum atomic E-state index is -1.84. The van der Waals surface area contributed by atoms with E-state index in [1.165, 1.54) is 7.11 Å². The second-order valence-corrected chi connectivity index (χ2v) is 5.27. The van der Waals surface area contributed by atoms with Gasteiger partial charge in [0.2, 0.25) is 0 Å². The molecule has 21 heavy (non-hydrogen) atoms. The number of methoxy groups -OCH3 is 1. The van der Waals surface area contributed by atoms with Gasteiger partial charge in [-0.15, -0.1) is 0 Å². The summed E-state index contributed by atoms with van der Waals surface area (Å²) < 4.78 is 5.09. The molecule has 1 aromatic carbocycles. The van der Waals surface area contributed by atoms with E-state index in [4.69, 9.17) is 4.74 Å². The highest BCUT2D eigenvalue weighted by Gasteiger charge is 2.46. The zero-order chi connectivity index (χ0) is 16.0. The van der Waals surface area contributed by atoms with Crippen molar-refractivity contribution in [2.75, 3.05) is 27.7 Å². The molecule has 0 bridgehead atoms. The van der Waals surface area contributed by atoms with Crippen molar-refractivity contribution in [2.45, 2.75) is 12.8 Å².